The maximum Gasteiger partial charge on any atom is 0.243 e. The van der Waals surface area contributed by atoms with Gasteiger partial charge in [0.15, 0.2) is 0 Å². The minimum absolute atomic E-state index is 0.0351. The number of carbonyl (C=O) groups excluding carboxylic acids is 3. The minimum Gasteiger partial charge on any atom is -0.352 e. The first-order chi connectivity index (χ1) is 12.0. The average molecular weight is 371 g/mol. The molecular weight excluding hydrogens is 332 g/mol. The van der Waals surface area contributed by atoms with E-state index in [1.807, 2.05) is 20.8 Å². The summed E-state index contributed by atoms with van der Waals surface area (Å²) in [6, 6.07) is 0. The van der Waals surface area contributed by atoms with Crippen LogP contribution in [0.3, 0.4) is 0 Å². The first-order valence-corrected chi connectivity index (χ1v) is 8.46. The van der Waals surface area contributed by atoms with Crippen LogP contribution in [0.5, 0.6) is 0 Å². The van der Waals surface area contributed by atoms with Gasteiger partial charge in [-0.25, -0.2) is 5.48 Å². The molecule has 152 valence electrons. The van der Waals surface area contributed by atoms with E-state index in [0.717, 1.165) is 12.0 Å². The van der Waals surface area contributed by atoms with Crippen LogP contribution in [-0.4, -0.2) is 29.9 Å². The smallest absolute Gasteiger partial charge is 0.243 e. The Bertz CT molecular complexity index is 405. The van der Waals surface area contributed by atoms with Gasteiger partial charge in [-0.05, 0) is 39.0 Å². The standard InChI is InChI=1S/C8H17NO2.C5H8.C4H7NO2.C3H6/c1-6(2)4-7(3)5-8(10)9-11;1-4-5(2)3;1-4(7)2-5-3-6;1-3-2/h6-7,11H,4-5H2,1-3H3,(H,9,10);4H,1-2H2,3H3;3H,2H2,1H3,(H,5,6);3H,1H2,2H3/t7-;;;/m1.../s1. The van der Waals surface area contributed by atoms with Crippen molar-refractivity contribution in [3.63, 3.8) is 0 Å². The highest BCUT2D eigenvalue weighted by atomic mass is 16.5. The molecule has 0 fully saturated rings. The van der Waals surface area contributed by atoms with E-state index in [4.69, 9.17) is 5.21 Å². The van der Waals surface area contributed by atoms with Crippen molar-refractivity contribution in [1.29, 1.82) is 0 Å². The van der Waals surface area contributed by atoms with Gasteiger partial charge in [0.05, 0.1) is 6.54 Å². The van der Waals surface area contributed by atoms with E-state index in [2.05, 4.69) is 38.9 Å². The summed E-state index contributed by atoms with van der Waals surface area (Å²) in [7, 11) is 0. The topological polar surface area (TPSA) is 95.5 Å². The molecule has 0 radical (unpaired) electrons. The van der Waals surface area contributed by atoms with Gasteiger partial charge in [0, 0.05) is 6.42 Å². The lowest BCUT2D eigenvalue weighted by atomic mass is 9.96. The zero-order valence-electron chi connectivity index (χ0n) is 17.3. The minimum atomic E-state index is -0.293. The highest BCUT2D eigenvalue weighted by Crippen LogP contribution is 2.13. The number of amides is 2. The maximum absolute atomic E-state index is 10.6. The predicted molar refractivity (Wildman–Crippen MR) is 109 cm³/mol. The summed E-state index contributed by atoms with van der Waals surface area (Å²) in [6.07, 6.45) is 5.41. The summed E-state index contributed by atoms with van der Waals surface area (Å²) in [5, 5.41) is 10.4. The molecule has 0 spiro atoms. The van der Waals surface area contributed by atoms with E-state index in [-0.39, 0.29) is 18.2 Å². The number of ketones is 1. The Kier molecular flexibility index (Phi) is 30.4. The number of hydrogen-bond donors (Lipinski definition) is 3. The first-order valence-electron chi connectivity index (χ1n) is 8.46. The lowest BCUT2D eigenvalue weighted by Crippen LogP contribution is -2.21. The second kappa shape index (κ2) is 25.0. The van der Waals surface area contributed by atoms with Crippen LogP contribution in [-0.2, 0) is 14.4 Å². The summed E-state index contributed by atoms with van der Waals surface area (Å²) in [4.78, 5) is 30.1. The van der Waals surface area contributed by atoms with Crippen LogP contribution in [0.4, 0.5) is 0 Å². The van der Waals surface area contributed by atoms with Crippen molar-refractivity contribution >= 4 is 18.1 Å². The fourth-order valence-corrected chi connectivity index (χ4v) is 1.44. The Morgan fingerprint density at radius 3 is 1.77 bits per heavy atom. The van der Waals surface area contributed by atoms with E-state index < -0.39 is 0 Å². The summed E-state index contributed by atoms with van der Waals surface area (Å²) in [5.41, 5.74) is 2.65. The molecule has 1 atom stereocenters. The predicted octanol–water partition coefficient (Wildman–Crippen LogP) is 3.83. The second-order valence-electron chi connectivity index (χ2n) is 6.13. The third-order valence-corrected chi connectivity index (χ3v) is 2.32. The molecule has 2 amide bonds. The molecule has 0 aliphatic rings. The molecule has 0 saturated carbocycles. The number of Topliss-reactive ketones (excluding diaryl/α,β-unsaturated/α-hetero) is 1. The molecule has 0 bridgehead atoms. The lowest BCUT2D eigenvalue weighted by molar-refractivity contribution is -0.130. The van der Waals surface area contributed by atoms with Crippen molar-refractivity contribution in [2.45, 2.75) is 54.4 Å². The Hall–Kier alpha value is -2.21. The van der Waals surface area contributed by atoms with E-state index in [1.165, 1.54) is 6.92 Å². The summed E-state index contributed by atoms with van der Waals surface area (Å²) >= 11 is 0. The SMILES string of the molecule is C=CC.C=CC(=C)C.CC(=O)CNC=O.CC(C)C[C@@H](C)CC(=O)NO. The molecule has 26 heavy (non-hydrogen) atoms. The van der Waals surface area contributed by atoms with Crippen molar-refractivity contribution < 1.29 is 19.6 Å². The van der Waals surface area contributed by atoms with Crippen molar-refractivity contribution in [3.05, 3.63) is 37.5 Å². The Labute approximate surface area is 159 Å². The third-order valence-electron chi connectivity index (χ3n) is 2.32. The zero-order valence-corrected chi connectivity index (χ0v) is 17.3. The van der Waals surface area contributed by atoms with Crippen LogP contribution in [0.15, 0.2) is 37.5 Å². The molecular formula is C20H38N2O4. The van der Waals surface area contributed by atoms with Crippen LogP contribution < -0.4 is 10.8 Å². The van der Waals surface area contributed by atoms with Crippen molar-refractivity contribution in [1.82, 2.24) is 10.8 Å². The molecule has 0 aromatic rings. The fraction of sp³-hybridized carbons (Fsp3) is 0.550. The number of nitrogens with one attached hydrogen (secondary N) is 2. The van der Waals surface area contributed by atoms with Crippen molar-refractivity contribution in [2.24, 2.45) is 11.8 Å². The van der Waals surface area contributed by atoms with Crippen molar-refractivity contribution in [2.75, 3.05) is 6.54 Å². The van der Waals surface area contributed by atoms with E-state index >= 15 is 0 Å². The number of rotatable bonds is 8. The van der Waals surface area contributed by atoms with Crippen molar-refractivity contribution in [3.8, 4) is 0 Å². The highest BCUT2D eigenvalue weighted by Gasteiger charge is 2.09. The Morgan fingerprint density at radius 1 is 1.15 bits per heavy atom. The summed E-state index contributed by atoms with van der Waals surface area (Å²) in [6.45, 7) is 22.0. The van der Waals surface area contributed by atoms with Crippen LogP contribution in [0.1, 0.15) is 54.4 Å². The second-order valence-corrected chi connectivity index (χ2v) is 6.13. The van der Waals surface area contributed by atoms with Gasteiger partial charge in [0.25, 0.3) is 0 Å². The molecule has 0 heterocycles. The maximum atomic E-state index is 10.6. The summed E-state index contributed by atoms with van der Waals surface area (Å²) in [5.74, 6) is 0.629. The van der Waals surface area contributed by atoms with Gasteiger partial charge in [-0.2, -0.15) is 0 Å². The molecule has 0 saturated heterocycles. The largest absolute Gasteiger partial charge is 0.352 e. The number of carbonyl (C=O) groups is 3. The summed E-state index contributed by atoms with van der Waals surface area (Å²) < 4.78 is 0. The molecule has 6 nitrogen and oxygen atoms in total. The molecule has 3 N–H and O–H groups in total. The van der Waals surface area contributed by atoms with Gasteiger partial charge in [0.1, 0.15) is 5.78 Å². The van der Waals surface area contributed by atoms with Crippen LogP contribution in [0, 0.1) is 11.8 Å². The average Bonchev–Trinajstić information content (AvgIpc) is 2.53. The monoisotopic (exact) mass is 370 g/mol. The molecule has 0 aromatic carbocycles. The lowest BCUT2D eigenvalue weighted by Gasteiger charge is -2.11. The van der Waals surface area contributed by atoms with Gasteiger partial charge < -0.3 is 5.32 Å². The van der Waals surface area contributed by atoms with Gasteiger partial charge in [-0.3, -0.25) is 19.6 Å². The molecule has 0 unspecified atom stereocenters. The van der Waals surface area contributed by atoms with Crippen LogP contribution in [0.25, 0.3) is 0 Å². The number of allylic oxidation sites excluding steroid dienone is 3. The van der Waals surface area contributed by atoms with Gasteiger partial charge >= 0.3 is 0 Å². The molecule has 0 rings (SSSR count). The van der Waals surface area contributed by atoms with Crippen LogP contribution in [0.2, 0.25) is 0 Å². The van der Waals surface area contributed by atoms with E-state index in [0.29, 0.717) is 24.7 Å². The quantitative estimate of drug-likeness (QED) is 0.199. The molecule has 0 aliphatic carbocycles. The molecule has 6 heteroatoms. The Morgan fingerprint density at radius 2 is 1.58 bits per heavy atom. The van der Waals surface area contributed by atoms with Crippen LogP contribution >= 0.6 is 0 Å². The van der Waals surface area contributed by atoms with E-state index in [1.54, 1.807) is 17.6 Å². The van der Waals surface area contributed by atoms with Gasteiger partial charge in [-0.1, -0.05) is 51.7 Å². The fourth-order valence-electron chi connectivity index (χ4n) is 1.44. The zero-order chi connectivity index (χ0) is 21.5. The Balaban J connectivity index is -0.000000139. The number of hydroxylamine groups is 1. The molecule has 0 aliphatic heterocycles. The first kappa shape index (κ1) is 31.5. The van der Waals surface area contributed by atoms with E-state index in [9.17, 15) is 14.4 Å². The normalized spacial score (nSPS) is 9.38. The number of hydrogen-bond acceptors (Lipinski definition) is 4. The third kappa shape index (κ3) is 49.5. The highest BCUT2D eigenvalue weighted by molar-refractivity contribution is 5.79. The molecule has 0 aromatic heterocycles. The van der Waals surface area contributed by atoms with Gasteiger partial charge in [0.2, 0.25) is 12.3 Å². The van der Waals surface area contributed by atoms with Gasteiger partial charge in [-0.15, -0.1) is 6.58 Å².